The molecule has 5 atom stereocenters. The molecule has 6 N–H and O–H groups in total. The van der Waals surface area contributed by atoms with Gasteiger partial charge in [-0.25, -0.2) is 19.2 Å². The van der Waals surface area contributed by atoms with Gasteiger partial charge in [0.15, 0.2) is 0 Å². The van der Waals surface area contributed by atoms with Crippen LogP contribution in [-0.4, -0.2) is 105 Å². The number of Topliss-reactive ketones (excluding diaryl/α,β-unsaturated/α-hetero) is 1. The number of hydrogen-bond acceptors (Lipinski definition) is 12. The quantitative estimate of drug-likeness (QED) is 0.0431. The average Bonchev–Trinajstić information content (AvgIpc) is 3.74. The van der Waals surface area contributed by atoms with Gasteiger partial charge in [-0.15, -0.1) is 0 Å². The number of carbonyl (C=O) groups excluding carboxylic acids is 4. The second-order valence-corrected chi connectivity index (χ2v) is 14.8. The lowest BCUT2D eigenvalue weighted by Gasteiger charge is -2.30. The molecule has 322 valence electrons. The number of hydrogen-bond donors (Lipinski definition) is 6. The number of aryl methyl sites for hydroxylation is 2. The fourth-order valence-corrected chi connectivity index (χ4v) is 6.63. The van der Waals surface area contributed by atoms with Gasteiger partial charge in [-0.05, 0) is 56.4 Å². The van der Waals surface area contributed by atoms with Crippen molar-refractivity contribution in [1.82, 2.24) is 21.0 Å². The molecular weight excluding hydrogens is 789 g/mol. The predicted octanol–water partition coefficient (Wildman–Crippen LogP) is 3.97. The number of aliphatic carboxylic acids is 2. The molecule has 2 aliphatic heterocycles. The lowest BCUT2D eigenvalue weighted by molar-refractivity contribution is -0.176. The van der Waals surface area contributed by atoms with E-state index in [1.807, 2.05) is 60.7 Å². The summed E-state index contributed by atoms with van der Waals surface area (Å²) in [6, 6.07) is 30.8. The van der Waals surface area contributed by atoms with E-state index in [4.69, 9.17) is 19.4 Å². The maximum absolute atomic E-state index is 12.9. The summed E-state index contributed by atoms with van der Waals surface area (Å²) in [6.07, 6.45) is -0.851. The van der Waals surface area contributed by atoms with E-state index in [1.165, 1.54) is 36.4 Å². The molecule has 0 radical (unpaired) electrons. The van der Waals surface area contributed by atoms with Gasteiger partial charge < -0.3 is 40.3 Å². The smallest absolute Gasteiger partial charge is 0.410 e. The minimum atomic E-state index is -3.36. The van der Waals surface area contributed by atoms with Crippen LogP contribution < -0.4 is 16.1 Å². The summed E-state index contributed by atoms with van der Waals surface area (Å²) < 4.78 is 10.3. The third-order valence-electron chi connectivity index (χ3n) is 10.2. The van der Waals surface area contributed by atoms with Gasteiger partial charge in [-0.1, -0.05) is 108 Å². The summed E-state index contributed by atoms with van der Waals surface area (Å²) in [5, 5.41) is 35.3. The Hall–Kier alpha value is -6.46. The minimum absolute atomic E-state index is 0.0110. The van der Waals surface area contributed by atoms with Crippen molar-refractivity contribution in [3.63, 3.8) is 0 Å². The van der Waals surface area contributed by atoms with Crippen molar-refractivity contribution >= 4 is 35.7 Å². The first-order valence-electron chi connectivity index (χ1n) is 19.7. The first-order chi connectivity index (χ1) is 29.3. The summed E-state index contributed by atoms with van der Waals surface area (Å²) in [6.45, 7) is 5.96. The van der Waals surface area contributed by atoms with Gasteiger partial charge in [-0.3, -0.25) is 14.4 Å². The Labute approximate surface area is 352 Å². The molecule has 61 heavy (non-hydrogen) atoms. The van der Waals surface area contributed by atoms with Gasteiger partial charge in [-0.2, -0.15) is 5.48 Å². The van der Waals surface area contributed by atoms with E-state index in [2.05, 4.69) is 16.1 Å². The zero-order valence-corrected chi connectivity index (χ0v) is 33.8. The summed E-state index contributed by atoms with van der Waals surface area (Å²) in [5.74, 6) is -6.77. The van der Waals surface area contributed by atoms with E-state index in [9.17, 15) is 39.0 Å². The van der Waals surface area contributed by atoms with Crippen molar-refractivity contribution in [2.24, 2.45) is 0 Å². The van der Waals surface area contributed by atoms with E-state index in [0.29, 0.717) is 26.2 Å². The fraction of sp³-hybridized carbons (Fsp3) is 0.333. The molecule has 6 rings (SSSR count). The van der Waals surface area contributed by atoms with Crippen LogP contribution >= 0.6 is 0 Å². The van der Waals surface area contributed by atoms with E-state index in [1.54, 1.807) is 30.9 Å². The number of likely N-dealkylation sites (tertiary alicyclic amines) is 1. The number of carbonyl (C=O) groups is 6. The molecule has 16 nitrogen and oxygen atoms in total. The molecule has 2 aliphatic rings. The van der Waals surface area contributed by atoms with Crippen molar-refractivity contribution in [2.75, 3.05) is 19.6 Å². The van der Waals surface area contributed by atoms with Crippen LogP contribution in [0.4, 0.5) is 4.79 Å². The number of ether oxygens (including phenoxy) is 2. The van der Waals surface area contributed by atoms with E-state index < -0.39 is 35.4 Å². The highest BCUT2D eigenvalue weighted by Crippen LogP contribution is 2.26. The van der Waals surface area contributed by atoms with Gasteiger partial charge in [0.25, 0.3) is 0 Å². The fourth-order valence-electron chi connectivity index (χ4n) is 6.63. The molecule has 0 aliphatic carbocycles. The van der Waals surface area contributed by atoms with Crippen molar-refractivity contribution in [2.45, 2.75) is 76.2 Å². The standard InChI is InChI=1S/C25H32N4O4.C20H18O8/c30-24(23-12-11-21(15-26-23)28-33-18-20-9-5-2-6-10-20)27-22-13-14-29(16-22)25(31)32-17-19-7-3-1-4-8-19;1-11-3-7-13(8-4-11)15(21)20(19(26)27,16(22)17(23)24)28-18(25)14-9-5-12(2)6-10-14/h1-10,21-23,26,28H,11-18H2,(H,27,30);3-10,16,22H,1-2H3,(H,23,24)(H,26,27)/t21-,22+,23+;16-,20+/m10/s1. The number of carboxylic acids is 2. The number of nitrogens with zero attached hydrogens (tertiary/aromatic N) is 1. The Bertz CT molecular complexity index is 2110. The molecule has 0 spiro atoms. The van der Waals surface area contributed by atoms with Crippen LogP contribution in [0.1, 0.15) is 62.2 Å². The first-order valence-corrected chi connectivity index (χ1v) is 19.7. The topological polar surface area (TPSA) is 230 Å². The van der Waals surface area contributed by atoms with Crippen LogP contribution in [0.5, 0.6) is 0 Å². The SMILES string of the molecule is Cc1ccc(C(=O)O[C@](C(=O)O)(C(=O)c2ccc(C)cc2)[C@@H](O)C(=O)O)cc1.O=C(N[C@H]1CCN(C(=O)OCc2ccccc2)C1)[C@@H]1CC[C@@H](NOCc2ccccc2)CN1. The van der Waals surface area contributed by atoms with Gasteiger partial charge in [0.2, 0.25) is 17.8 Å². The lowest BCUT2D eigenvalue weighted by Crippen LogP contribution is -2.61. The van der Waals surface area contributed by atoms with Crippen LogP contribution in [0.15, 0.2) is 109 Å². The molecule has 0 saturated carbocycles. The highest BCUT2D eigenvalue weighted by atomic mass is 16.6. The van der Waals surface area contributed by atoms with Crippen molar-refractivity contribution in [1.29, 1.82) is 0 Å². The summed E-state index contributed by atoms with van der Waals surface area (Å²) in [5.41, 5.74) is 3.03. The second-order valence-electron chi connectivity index (χ2n) is 14.8. The third-order valence-corrected chi connectivity index (χ3v) is 10.2. The average molecular weight is 839 g/mol. The maximum Gasteiger partial charge on any atom is 0.410 e. The van der Waals surface area contributed by atoms with E-state index in [-0.39, 0.29) is 47.9 Å². The van der Waals surface area contributed by atoms with Gasteiger partial charge in [0.1, 0.15) is 6.61 Å². The first kappa shape index (κ1) is 45.6. The van der Waals surface area contributed by atoms with Gasteiger partial charge in [0.05, 0.1) is 18.2 Å². The number of hydroxylamine groups is 1. The number of nitrogens with one attached hydrogen (secondary N) is 3. The summed E-state index contributed by atoms with van der Waals surface area (Å²) in [7, 11) is 0. The molecule has 2 amide bonds. The molecule has 2 saturated heterocycles. The lowest BCUT2D eigenvalue weighted by atomic mass is 9.86. The normalized spacial score (nSPS) is 18.6. The Morgan fingerprint density at radius 3 is 1.87 bits per heavy atom. The number of aliphatic hydroxyl groups excluding tert-OH is 1. The van der Waals surface area contributed by atoms with Crippen LogP contribution in [-0.2, 0) is 41.9 Å². The number of aliphatic hydroxyl groups is 1. The number of carboxylic acid groups (broad SMARTS) is 2. The van der Waals surface area contributed by atoms with Gasteiger partial charge in [0, 0.05) is 37.3 Å². The molecule has 0 aromatic heterocycles. The molecule has 2 heterocycles. The van der Waals surface area contributed by atoms with Crippen LogP contribution in [0, 0.1) is 13.8 Å². The van der Waals surface area contributed by atoms with Crippen molar-refractivity contribution in [3.8, 4) is 0 Å². The molecule has 0 bridgehead atoms. The minimum Gasteiger partial charge on any atom is -0.479 e. The Kier molecular flexibility index (Phi) is 16.2. The zero-order chi connectivity index (χ0) is 43.9. The number of ketones is 1. The van der Waals surface area contributed by atoms with E-state index in [0.717, 1.165) is 41.5 Å². The summed E-state index contributed by atoms with van der Waals surface area (Å²) >= 11 is 0. The summed E-state index contributed by atoms with van der Waals surface area (Å²) in [4.78, 5) is 80.9. The molecule has 2 fully saturated rings. The molecule has 0 unspecified atom stereocenters. The zero-order valence-electron chi connectivity index (χ0n) is 33.8. The number of benzene rings is 4. The third kappa shape index (κ3) is 12.5. The number of amides is 2. The Morgan fingerprint density at radius 2 is 1.33 bits per heavy atom. The molecule has 16 heteroatoms. The van der Waals surface area contributed by atoms with Gasteiger partial charge >= 0.3 is 29.6 Å². The van der Waals surface area contributed by atoms with Crippen molar-refractivity contribution < 1.29 is 58.4 Å². The van der Waals surface area contributed by atoms with Crippen LogP contribution in [0.25, 0.3) is 0 Å². The molecule has 4 aromatic carbocycles. The Morgan fingerprint density at radius 1 is 0.754 bits per heavy atom. The monoisotopic (exact) mass is 838 g/mol. The Balaban J connectivity index is 0.000000234. The van der Waals surface area contributed by atoms with E-state index >= 15 is 0 Å². The van der Waals surface area contributed by atoms with Crippen LogP contribution in [0.3, 0.4) is 0 Å². The molecule has 4 aromatic rings. The number of esters is 1. The number of rotatable bonds is 15. The van der Waals surface area contributed by atoms with Crippen LogP contribution in [0.2, 0.25) is 0 Å². The highest BCUT2D eigenvalue weighted by Gasteiger charge is 2.59. The highest BCUT2D eigenvalue weighted by molar-refractivity contribution is 6.19. The van der Waals surface area contributed by atoms with Crippen molar-refractivity contribution in [3.05, 3.63) is 143 Å². The second kappa shape index (κ2) is 21.7. The molecular formula is C45H50N4O12. The predicted molar refractivity (Wildman–Crippen MR) is 220 cm³/mol. The number of piperidine rings is 1. The largest absolute Gasteiger partial charge is 0.479 e. The maximum atomic E-state index is 12.9.